The number of hydrogen-bond donors (Lipinski definition) is 0. The summed E-state index contributed by atoms with van der Waals surface area (Å²) in [4.78, 5) is 26.0. The van der Waals surface area contributed by atoms with E-state index in [2.05, 4.69) is 11.5 Å². The summed E-state index contributed by atoms with van der Waals surface area (Å²) >= 11 is 0. The molecule has 4 nitrogen and oxygen atoms in total. The van der Waals surface area contributed by atoms with Gasteiger partial charge in [-0.15, -0.1) is 0 Å². The normalized spacial score (nSPS) is 11.0. The molecule has 32 heavy (non-hydrogen) atoms. The third kappa shape index (κ3) is 3.96. The van der Waals surface area contributed by atoms with Crippen molar-refractivity contribution in [2.45, 2.75) is 33.2 Å². The summed E-state index contributed by atoms with van der Waals surface area (Å²) in [7, 11) is 1.64. The summed E-state index contributed by atoms with van der Waals surface area (Å²) in [6.45, 7) is 4.50. The van der Waals surface area contributed by atoms with Gasteiger partial charge in [-0.05, 0) is 61.4 Å². The van der Waals surface area contributed by atoms with Crippen molar-refractivity contribution in [1.29, 1.82) is 0 Å². The van der Waals surface area contributed by atoms with E-state index in [0.717, 1.165) is 47.3 Å². The predicted molar refractivity (Wildman–Crippen MR) is 129 cm³/mol. The van der Waals surface area contributed by atoms with Gasteiger partial charge in [0, 0.05) is 28.6 Å². The van der Waals surface area contributed by atoms with E-state index < -0.39 is 0 Å². The zero-order chi connectivity index (χ0) is 22.7. The third-order valence-electron chi connectivity index (χ3n) is 5.83. The minimum atomic E-state index is -0.0441. The number of Topliss-reactive ketones (excluding diaryl/α,β-unsaturated/α-hetero) is 1. The molecule has 4 aromatic rings. The summed E-state index contributed by atoms with van der Waals surface area (Å²) in [6, 6.07) is 22.8. The molecule has 0 unspecified atom stereocenters. The first kappa shape index (κ1) is 21.6. The molecular formula is C28H27NO3. The van der Waals surface area contributed by atoms with Gasteiger partial charge in [-0.25, -0.2) is 0 Å². The van der Waals surface area contributed by atoms with Crippen LogP contribution in [0.1, 0.15) is 53.0 Å². The van der Waals surface area contributed by atoms with Crippen molar-refractivity contribution >= 4 is 22.5 Å². The monoisotopic (exact) mass is 425 g/mol. The number of ether oxygens (including phenoxy) is 1. The number of methoxy groups -OCH3 is 1. The van der Waals surface area contributed by atoms with Crippen LogP contribution in [0.3, 0.4) is 0 Å². The van der Waals surface area contributed by atoms with Crippen molar-refractivity contribution in [2.75, 3.05) is 7.11 Å². The predicted octanol–water partition coefficient (Wildman–Crippen LogP) is 6.55. The van der Waals surface area contributed by atoms with E-state index in [9.17, 15) is 9.59 Å². The van der Waals surface area contributed by atoms with Crippen LogP contribution in [0.5, 0.6) is 5.75 Å². The fourth-order valence-electron chi connectivity index (χ4n) is 4.13. The first-order valence-electron chi connectivity index (χ1n) is 11.0. The molecule has 0 aliphatic carbocycles. The number of rotatable bonds is 8. The Hall–Kier alpha value is -3.66. The smallest absolute Gasteiger partial charge is 0.195 e. The highest BCUT2D eigenvalue weighted by molar-refractivity contribution is 6.21. The molecule has 0 saturated carbocycles. The van der Waals surface area contributed by atoms with Crippen LogP contribution in [-0.2, 0) is 6.54 Å². The fraction of sp³-hybridized carbons (Fsp3) is 0.214. The molecule has 0 saturated heterocycles. The number of carbonyl (C=O) groups excluding carboxylic acids is 2. The molecule has 162 valence electrons. The summed E-state index contributed by atoms with van der Waals surface area (Å²) in [6.07, 6.45) is 2.02. The van der Waals surface area contributed by atoms with Gasteiger partial charge < -0.3 is 9.30 Å². The second-order valence-electron chi connectivity index (χ2n) is 7.94. The van der Waals surface area contributed by atoms with E-state index >= 15 is 0 Å². The molecule has 0 amide bonds. The first-order chi connectivity index (χ1) is 15.5. The largest absolute Gasteiger partial charge is 0.497 e. The minimum absolute atomic E-state index is 0.0164. The maximum Gasteiger partial charge on any atom is 0.195 e. The number of carbonyl (C=O) groups is 2. The van der Waals surface area contributed by atoms with Gasteiger partial charge in [0.25, 0.3) is 0 Å². The molecule has 0 radical (unpaired) electrons. The Balaban J connectivity index is 2.06. The summed E-state index contributed by atoms with van der Waals surface area (Å²) in [5.74, 6) is 0.703. The van der Waals surface area contributed by atoms with Gasteiger partial charge in [0.05, 0.1) is 18.4 Å². The van der Waals surface area contributed by atoms with Crippen molar-refractivity contribution in [3.05, 3.63) is 89.5 Å². The molecular weight excluding hydrogens is 398 g/mol. The van der Waals surface area contributed by atoms with Crippen LogP contribution in [0.15, 0.2) is 72.8 Å². The third-order valence-corrected chi connectivity index (χ3v) is 5.83. The van der Waals surface area contributed by atoms with Crippen LogP contribution in [0, 0.1) is 0 Å². The molecule has 0 bridgehead atoms. The van der Waals surface area contributed by atoms with E-state index in [0.29, 0.717) is 16.7 Å². The van der Waals surface area contributed by atoms with Crippen LogP contribution in [0.25, 0.3) is 22.2 Å². The highest BCUT2D eigenvalue weighted by atomic mass is 16.5. The molecule has 0 fully saturated rings. The molecule has 0 aliphatic rings. The number of nitrogens with zero attached hydrogens (tertiary/aromatic N) is 1. The van der Waals surface area contributed by atoms with Gasteiger partial charge in [0.1, 0.15) is 5.75 Å². The zero-order valence-corrected chi connectivity index (χ0v) is 18.7. The van der Waals surface area contributed by atoms with E-state index in [4.69, 9.17) is 4.74 Å². The number of aryl methyl sites for hydroxylation is 1. The van der Waals surface area contributed by atoms with Gasteiger partial charge in [0.15, 0.2) is 11.6 Å². The highest BCUT2D eigenvalue weighted by Gasteiger charge is 2.25. The lowest BCUT2D eigenvalue weighted by atomic mass is 9.96. The average Bonchev–Trinajstić information content (AvgIpc) is 3.16. The fourth-order valence-corrected chi connectivity index (χ4v) is 4.13. The summed E-state index contributed by atoms with van der Waals surface area (Å²) in [5.41, 5.74) is 4.66. The Labute approximate surface area is 188 Å². The Bertz CT molecular complexity index is 1270. The summed E-state index contributed by atoms with van der Waals surface area (Å²) in [5, 5.41) is 0.813. The van der Waals surface area contributed by atoms with Crippen molar-refractivity contribution in [3.8, 4) is 17.0 Å². The van der Waals surface area contributed by atoms with Crippen LogP contribution < -0.4 is 4.74 Å². The second kappa shape index (κ2) is 9.23. The quantitative estimate of drug-likeness (QED) is 0.301. The SMILES string of the molecule is CCCCn1c(-c2ccc(OC)cc2)c(C(=O)c2ccccc2)c2cc(C(C)=O)ccc21. The first-order valence-corrected chi connectivity index (χ1v) is 11.0. The molecule has 0 N–H and O–H groups in total. The van der Waals surface area contributed by atoms with Crippen LogP contribution >= 0.6 is 0 Å². The molecule has 4 heteroatoms. The summed E-state index contributed by atoms with van der Waals surface area (Å²) < 4.78 is 7.56. The van der Waals surface area contributed by atoms with Crippen molar-refractivity contribution in [1.82, 2.24) is 4.57 Å². The van der Waals surface area contributed by atoms with Crippen molar-refractivity contribution in [3.63, 3.8) is 0 Å². The van der Waals surface area contributed by atoms with Gasteiger partial charge in [-0.2, -0.15) is 0 Å². The van der Waals surface area contributed by atoms with Gasteiger partial charge in [-0.1, -0.05) is 43.7 Å². The number of benzene rings is 3. The Morgan fingerprint density at radius 3 is 2.25 bits per heavy atom. The van der Waals surface area contributed by atoms with Gasteiger partial charge >= 0.3 is 0 Å². The van der Waals surface area contributed by atoms with Crippen molar-refractivity contribution in [2.24, 2.45) is 0 Å². The lowest BCUT2D eigenvalue weighted by molar-refractivity contribution is 0.101. The Morgan fingerprint density at radius 1 is 0.906 bits per heavy atom. The number of fused-ring (bicyclic) bond motifs is 1. The maximum atomic E-state index is 13.8. The van der Waals surface area contributed by atoms with E-state index in [1.807, 2.05) is 72.8 Å². The average molecular weight is 426 g/mol. The second-order valence-corrected chi connectivity index (χ2v) is 7.94. The molecule has 1 aromatic heterocycles. The maximum absolute atomic E-state index is 13.8. The number of aromatic nitrogens is 1. The Morgan fingerprint density at radius 2 is 1.62 bits per heavy atom. The molecule has 0 atom stereocenters. The topological polar surface area (TPSA) is 48.3 Å². The molecule has 3 aromatic carbocycles. The minimum Gasteiger partial charge on any atom is -0.497 e. The van der Waals surface area contributed by atoms with Gasteiger partial charge in [0.2, 0.25) is 0 Å². The van der Waals surface area contributed by atoms with Crippen LogP contribution in [0.4, 0.5) is 0 Å². The lowest BCUT2D eigenvalue weighted by Gasteiger charge is -2.13. The molecule has 0 spiro atoms. The highest BCUT2D eigenvalue weighted by Crippen LogP contribution is 2.37. The number of unbranched alkanes of at least 4 members (excludes halogenated alkanes) is 1. The van der Waals surface area contributed by atoms with E-state index in [1.54, 1.807) is 14.0 Å². The van der Waals surface area contributed by atoms with Gasteiger partial charge in [-0.3, -0.25) is 9.59 Å². The lowest BCUT2D eigenvalue weighted by Crippen LogP contribution is -2.06. The number of hydrogen-bond acceptors (Lipinski definition) is 3. The Kier molecular flexibility index (Phi) is 6.22. The van der Waals surface area contributed by atoms with E-state index in [-0.39, 0.29) is 11.6 Å². The van der Waals surface area contributed by atoms with E-state index in [1.165, 1.54) is 0 Å². The number of ketones is 2. The van der Waals surface area contributed by atoms with Crippen LogP contribution in [0.2, 0.25) is 0 Å². The van der Waals surface area contributed by atoms with Crippen LogP contribution in [-0.4, -0.2) is 23.2 Å². The molecule has 1 heterocycles. The molecule has 4 rings (SSSR count). The van der Waals surface area contributed by atoms with Crippen molar-refractivity contribution < 1.29 is 14.3 Å². The molecule has 0 aliphatic heterocycles. The zero-order valence-electron chi connectivity index (χ0n) is 18.7. The standard InChI is InChI=1S/C28H27NO3/c1-4-5-17-29-25-16-13-22(19(2)30)18-24(25)26(28(31)21-9-7-6-8-10-21)27(29)20-11-14-23(32-3)15-12-20/h6-16,18H,4-5,17H2,1-3H3.